The van der Waals surface area contributed by atoms with Crippen molar-refractivity contribution in [2.24, 2.45) is 7.05 Å². The van der Waals surface area contributed by atoms with Gasteiger partial charge in [-0.25, -0.2) is 4.57 Å². The highest BCUT2D eigenvalue weighted by molar-refractivity contribution is 5.71. The van der Waals surface area contributed by atoms with E-state index in [4.69, 9.17) is 0 Å². The summed E-state index contributed by atoms with van der Waals surface area (Å²) in [5, 5.41) is 0. The van der Waals surface area contributed by atoms with Crippen LogP contribution in [-0.2, 0) is 7.05 Å². The summed E-state index contributed by atoms with van der Waals surface area (Å²) in [6.07, 6.45) is 2.17. The first-order chi connectivity index (χ1) is 12.4. The van der Waals surface area contributed by atoms with Crippen molar-refractivity contribution in [2.45, 2.75) is 46.5 Å². The Hall–Kier alpha value is -2.41. The van der Waals surface area contributed by atoms with Crippen molar-refractivity contribution in [3.63, 3.8) is 0 Å². The molecule has 134 valence electrons. The number of pyridine rings is 1. The fourth-order valence-corrected chi connectivity index (χ4v) is 3.39. The van der Waals surface area contributed by atoms with Gasteiger partial charge in [-0.3, -0.25) is 0 Å². The SMILES string of the molecule is Cc1ccccc1-c1cc(-c2cc(C(C)C)cc(C(C)C)c2)cc[n+]1C. The van der Waals surface area contributed by atoms with Crippen molar-refractivity contribution in [1.29, 1.82) is 0 Å². The maximum absolute atomic E-state index is 2.37. The normalized spacial score (nSPS) is 11.4. The molecule has 0 N–H and O–H groups in total. The number of hydrogen-bond donors (Lipinski definition) is 0. The molecule has 0 atom stereocenters. The van der Waals surface area contributed by atoms with Crippen LogP contribution in [-0.4, -0.2) is 0 Å². The summed E-state index contributed by atoms with van der Waals surface area (Å²) in [5.74, 6) is 1.06. The van der Waals surface area contributed by atoms with Crippen molar-refractivity contribution in [3.8, 4) is 22.4 Å². The standard InChI is InChI=1S/C25H30N/c1-17(2)21-13-22(18(3)4)15-23(14-21)20-11-12-26(6)25(16-20)24-10-8-7-9-19(24)5/h7-18H,1-6H3/q+1. The summed E-state index contributed by atoms with van der Waals surface area (Å²) in [6.45, 7) is 11.3. The molecule has 0 spiro atoms. The lowest BCUT2D eigenvalue weighted by atomic mass is 9.90. The van der Waals surface area contributed by atoms with Crippen LogP contribution < -0.4 is 4.57 Å². The Morgan fingerprint density at radius 2 is 1.35 bits per heavy atom. The average molecular weight is 345 g/mol. The molecule has 3 aromatic rings. The van der Waals surface area contributed by atoms with Gasteiger partial charge in [0.2, 0.25) is 5.69 Å². The molecule has 0 aliphatic heterocycles. The summed E-state index contributed by atoms with van der Waals surface area (Å²) in [4.78, 5) is 0. The van der Waals surface area contributed by atoms with Crippen LogP contribution in [0.4, 0.5) is 0 Å². The van der Waals surface area contributed by atoms with Crippen LogP contribution in [0.2, 0.25) is 0 Å². The van der Waals surface area contributed by atoms with Gasteiger partial charge in [-0.15, -0.1) is 0 Å². The van der Waals surface area contributed by atoms with Crippen LogP contribution in [0, 0.1) is 6.92 Å². The second-order valence-corrected chi connectivity index (χ2v) is 7.92. The Labute approximate surface area is 158 Å². The summed E-state index contributed by atoms with van der Waals surface area (Å²) < 4.78 is 2.21. The van der Waals surface area contributed by atoms with Crippen LogP contribution in [0.25, 0.3) is 22.4 Å². The predicted octanol–water partition coefficient (Wildman–Crippen LogP) is 6.40. The minimum atomic E-state index is 0.531. The van der Waals surface area contributed by atoms with Crippen molar-refractivity contribution < 1.29 is 4.57 Å². The number of benzene rings is 2. The number of rotatable bonds is 4. The predicted molar refractivity (Wildman–Crippen MR) is 111 cm³/mol. The Morgan fingerprint density at radius 1 is 0.731 bits per heavy atom. The van der Waals surface area contributed by atoms with Gasteiger partial charge in [0.1, 0.15) is 7.05 Å². The highest BCUT2D eigenvalue weighted by Gasteiger charge is 2.15. The average Bonchev–Trinajstić information content (AvgIpc) is 2.62. The van der Waals surface area contributed by atoms with E-state index in [0.29, 0.717) is 11.8 Å². The molecule has 0 saturated heterocycles. The molecule has 2 aromatic carbocycles. The van der Waals surface area contributed by atoms with Gasteiger partial charge in [-0.05, 0) is 52.6 Å². The van der Waals surface area contributed by atoms with Crippen molar-refractivity contribution >= 4 is 0 Å². The smallest absolute Gasteiger partial charge is 0.201 e. The minimum Gasteiger partial charge on any atom is -0.201 e. The largest absolute Gasteiger partial charge is 0.213 e. The first-order valence-electron chi connectivity index (χ1n) is 9.57. The summed E-state index contributed by atoms with van der Waals surface area (Å²) in [6, 6.07) is 20.2. The Balaban J connectivity index is 2.16. The van der Waals surface area contributed by atoms with Gasteiger partial charge in [-0.2, -0.15) is 0 Å². The lowest BCUT2D eigenvalue weighted by molar-refractivity contribution is -0.660. The lowest BCUT2D eigenvalue weighted by Gasteiger charge is -2.15. The zero-order chi connectivity index (χ0) is 18.8. The van der Waals surface area contributed by atoms with E-state index in [9.17, 15) is 0 Å². The topological polar surface area (TPSA) is 3.88 Å². The van der Waals surface area contributed by atoms with E-state index in [1.807, 2.05) is 0 Å². The molecule has 0 radical (unpaired) electrons. The molecule has 1 nitrogen and oxygen atoms in total. The monoisotopic (exact) mass is 344 g/mol. The van der Waals surface area contributed by atoms with E-state index in [1.54, 1.807) is 0 Å². The first kappa shape index (κ1) is 18.4. The third kappa shape index (κ3) is 3.72. The lowest BCUT2D eigenvalue weighted by Crippen LogP contribution is -2.30. The van der Waals surface area contributed by atoms with Gasteiger partial charge in [0.25, 0.3) is 0 Å². The van der Waals surface area contributed by atoms with Crippen LogP contribution in [0.3, 0.4) is 0 Å². The van der Waals surface area contributed by atoms with E-state index >= 15 is 0 Å². The Kier molecular flexibility index (Phi) is 5.27. The zero-order valence-corrected chi connectivity index (χ0v) is 16.9. The number of hydrogen-bond acceptors (Lipinski definition) is 0. The molecule has 1 heterocycles. The van der Waals surface area contributed by atoms with Gasteiger partial charge >= 0.3 is 0 Å². The molecule has 0 aliphatic carbocycles. The van der Waals surface area contributed by atoms with Gasteiger partial charge in [0, 0.05) is 17.7 Å². The highest BCUT2D eigenvalue weighted by atomic mass is 14.9. The van der Waals surface area contributed by atoms with Gasteiger partial charge in [0.15, 0.2) is 6.20 Å². The van der Waals surface area contributed by atoms with Crippen LogP contribution in [0.5, 0.6) is 0 Å². The molecular weight excluding hydrogens is 314 g/mol. The van der Waals surface area contributed by atoms with E-state index in [0.717, 1.165) is 0 Å². The third-order valence-electron chi connectivity index (χ3n) is 5.22. The Bertz CT molecular complexity index is 893. The molecule has 0 saturated carbocycles. The van der Waals surface area contributed by atoms with Gasteiger partial charge in [0.05, 0.1) is 0 Å². The van der Waals surface area contributed by atoms with E-state index < -0.39 is 0 Å². The number of aryl methyl sites for hydroxylation is 2. The number of aromatic nitrogens is 1. The summed E-state index contributed by atoms with van der Waals surface area (Å²) in [7, 11) is 2.12. The third-order valence-corrected chi connectivity index (χ3v) is 5.22. The molecule has 0 amide bonds. The van der Waals surface area contributed by atoms with Gasteiger partial charge < -0.3 is 0 Å². The molecule has 0 aliphatic rings. The number of nitrogens with zero attached hydrogens (tertiary/aromatic N) is 1. The quantitative estimate of drug-likeness (QED) is 0.482. The van der Waals surface area contributed by atoms with Crippen molar-refractivity contribution in [1.82, 2.24) is 0 Å². The summed E-state index contributed by atoms with van der Waals surface area (Å²) in [5.41, 5.74) is 9.27. The Morgan fingerprint density at radius 3 is 1.92 bits per heavy atom. The molecule has 0 fully saturated rings. The van der Waals surface area contributed by atoms with E-state index in [2.05, 4.69) is 107 Å². The molecule has 1 aromatic heterocycles. The van der Waals surface area contributed by atoms with E-state index in [1.165, 1.54) is 39.1 Å². The minimum absolute atomic E-state index is 0.531. The molecule has 0 unspecified atom stereocenters. The van der Waals surface area contributed by atoms with Crippen molar-refractivity contribution in [3.05, 3.63) is 77.5 Å². The van der Waals surface area contributed by atoms with E-state index in [-0.39, 0.29) is 0 Å². The second kappa shape index (κ2) is 7.45. The zero-order valence-electron chi connectivity index (χ0n) is 16.9. The first-order valence-corrected chi connectivity index (χ1v) is 9.57. The second-order valence-electron chi connectivity index (χ2n) is 7.92. The van der Waals surface area contributed by atoms with Crippen LogP contribution in [0.1, 0.15) is 56.2 Å². The molecular formula is C25H30N+. The van der Waals surface area contributed by atoms with Crippen molar-refractivity contribution in [2.75, 3.05) is 0 Å². The molecule has 0 bridgehead atoms. The fraction of sp³-hybridized carbons (Fsp3) is 0.320. The maximum atomic E-state index is 2.37. The maximum Gasteiger partial charge on any atom is 0.213 e. The molecule has 1 heteroatoms. The van der Waals surface area contributed by atoms with Gasteiger partial charge in [-0.1, -0.05) is 64.1 Å². The fourth-order valence-electron chi connectivity index (χ4n) is 3.39. The van der Waals surface area contributed by atoms with Crippen LogP contribution >= 0.6 is 0 Å². The molecule has 26 heavy (non-hydrogen) atoms. The molecule has 3 rings (SSSR count). The summed E-state index contributed by atoms with van der Waals surface area (Å²) >= 11 is 0. The van der Waals surface area contributed by atoms with Crippen LogP contribution in [0.15, 0.2) is 60.8 Å². The highest BCUT2D eigenvalue weighted by Crippen LogP contribution is 2.31.